The van der Waals surface area contributed by atoms with Crippen molar-refractivity contribution < 1.29 is 9.47 Å². The summed E-state index contributed by atoms with van der Waals surface area (Å²) in [5.41, 5.74) is 1.28. The molecule has 1 fully saturated rings. The van der Waals surface area contributed by atoms with Crippen LogP contribution < -0.4 is 15.4 Å². The van der Waals surface area contributed by atoms with Gasteiger partial charge in [-0.15, -0.1) is 0 Å². The molecule has 0 radical (unpaired) electrons. The number of benzene rings is 1. The Morgan fingerprint density at radius 2 is 2.22 bits per heavy atom. The normalized spacial score (nSPS) is 21.6. The molecule has 1 aromatic rings. The van der Waals surface area contributed by atoms with Gasteiger partial charge in [-0.2, -0.15) is 0 Å². The van der Waals surface area contributed by atoms with Gasteiger partial charge in [0.1, 0.15) is 5.75 Å². The lowest BCUT2D eigenvalue weighted by molar-refractivity contribution is 0.0708. The Morgan fingerprint density at radius 3 is 2.78 bits per heavy atom. The van der Waals surface area contributed by atoms with Gasteiger partial charge in [0, 0.05) is 18.6 Å². The van der Waals surface area contributed by atoms with Crippen LogP contribution in [0.25, 0.3) is 0 Å². The fourth-order valence-electron chi connectivity index (χ4n) is 2.31. The second-order valence-corrected chi connectivity index (χ2v) is 4.58. The largest absolute Gasteiger partial charge is 0.497 e. The first-order chi connectivity index (χ1) is 8.83. The van der Waals surface area contributed by atoms with Crippen LogP contribution >= 0.6 is 0 Å². The van der Waals surface area contributed by atoms with Crippen LogP contribution in [-0.4, -0.2) is 40.0 Å². The van der Waals surface area contributed by atoms with E-state index in [9.17, 15) is 0 Å². The van der Waals surface area contributed by atoms with Gasteiger partial charge in [-0.3, -0.25) is 0 Å². The standard InChI is InChI=1S/C14H22N2O2/c1-15-14(9-12-10-18-8-7-16-12)11-3-5-13(17-2)6-4-11/h3-6,12,14-16H,7-10H2,1-2H3. The number of hydrogen-bond donors (Lipinski definition) is 2. The molecule has 0 aliphatic carbocycles. The number of rotatable bonds is 5. The lowest BCUT2D eigenvalue weighted by Gasteiger charge is -2.28. The van der Waals surface area contributed by atoms with E-state index in [0.29, 0.717) is 12.1 Å². The van der Waals surface area contributed by atoms with Gasteiger partial charge < -0.3 is 20.1 Å². The maximum Gasteiger partial charge on any atom is 0.118 e. The highest BCUT2D eigenvalue weighted by Crippen LogP contribution is 2.21. The van der Waals surface area contributed by atoms with Gasteiger partial charge in [-0.1, -0.05) is 12.1 Å². The molecule has 100 valence electrons. The monoisotopic (exact) mass is 250 g/mol. The van der Waals surface area contributed by atoms with E-state index in [1.165, 1.54) is 5.56 Å². The van der Waals surface area contributed by atoms with Crippen molar-refractivity contribution in [2.45, 2.75) is 18.5 Å². The second kappa shape index (κ2) is 6.73. The van der Waals surface area contributed by atoms with Crippen molar-refractivity contribution >= 4 is 0 Å². The first-order valence-corrected chi connectivity index (χ1v) is 6.46. The zero-order valence-electron chi connectivity index (χ0n) is 11.1. The first-order valence-electron chi connectivity index (χ1n) is 6.46. The molecule has 0 aromatic heterocycles. The summed E-state index contributed by atoms with van der Waals surface area (Å²) >= 11 is 0. The van der Waals surface area contributed by atoms with Gasteiger partial charge in [0.2, 0.25) is 0 Å². The Labute approximate surface area is 109 Å². The quantitative estimate of drug-likeness (QED) is 0.827. The average molecular weight is 250 g/mol. The number of methoxy groups -OCH3 is 1. The number of hydrogen-bond acceptors (Lipinski definition) is 4. The summed E-state index contributed by atoms with van der Waals surface area (Å²) in [6.07, 6.45) is 1.03. The third-order valence-corrected chi connectivity index (χ3v) is 3.39. The molecule has 1 saturated heterocycles. The van der Waals surface area contributed by atoms with Gasteiger partial charge in [-0.25, -0.2) is 0 Å². The molecule has 0 amide bonds. The number of ether oxygens (including phenoxy) is 2. The van der Waals surface area contributed by atoms with Crippen molar-refractivity contribution in [1.82, 2.24) is 10.6 Å². The molecule has 0 spiro atoms. The maximum absolute atomic E-state index is 5.49. The lowest BCUT2D eigenvalue weighted by atomic mass is 9.99. The molecule has 1 aromatic carbocycles. The van der Waals surface area contributed by atoms with E-state index in [-0.39, 0.29) is 0 Å². The third-order valence-electron chi connectivity index (χ3n) is 3.39. The Balaban J connectivity index is 1.97. The zero-order chi connectivity index (χ0) is 12.8. The first kappa shape index (κ1) is 13.3. The molecule has 4 heteroatoms. The van der Waals surface area contributed by atoms with Crippen molar-refractivity contribution in [3.8, 4) is 5.75 Å². The molecular formula is C14H22N2O2. The summed E-state index contributed by atoms with van der Waals surface area (Å²) < 4.78 is 10.7. The third kappa shape index (κ3) is 3.45. The molecule has 2 rings (SSSR count). The van der Waals surface area contributed by atoms with Crippen LogP contribution in [0.4, 0.5) is 0 Å². The van der Waals surface area contributed by atoms with Crippen molar-refractivity contribution in [1.29, 1.82) is 0 Å². The zero-order valence-corrected chi connectivity index (χ0v) is 11.1. The highest BCUT2D eigenvalue weighted by atomic mass is 16.5. The topological polar surface area (TPSA) is 42.5 Å². The van der Waals surface area contributed by atoms with E-state index in [1.54, 1.807) is 7.11 Å². The van der Waals surface area contributed by atoms with Gasteiger partial charge in [0.15, 0.2) is 0 Å². The average Bonchev–Trinajstić information content (AvgIpc) is 2.46. The van der Waals surface area contributed by atoms with E-state index in [1.807, 2.05) is 19.2 Å². The molecule has 1 heterocycles. The van der Waals surface area contributed by atoms with Crippen LogP contribution in [-0.2, 0) is 4.74 Å². The Hall–Kier alpha value is -1.10. The predicted octanol–water partition coefficient (Wildman–Crippen LogP) is 1.33. The van der Waals surface area contributed by atoms with E-state index in [2.05, 4.69) is 22.8 Å². The van der Waals surface area contributed by atoms with Gasteiger partial charge in [-0.05, 0) is 31.2 Å². The van der Waals surface area contributed by atoms with Crippen LogP contribution in [0.5, 0.6) is 5.75 Å². The SMILES string of the molecule is CNC(CC1COCCN1)c1ccc(OC)cc1. The number of morpholine rings is 1. The Bertz CT molecular complexity index is 347. The van der Waals surface area contributed by atoms with Crippen molar-refractivity contribution in [3.63, 3.8) is 0 Å². The smallest absolute Gasteiger partial charge is 0.118 e. The van der Waals surface area contributed by atoms with Crippen LogP contribution in [0.2, 0.25) is 0 Å². The van der Waals surface area contributed by atoms with Crippen molar-refractivity contribution in [2.24, 2.45) is 0 Å². The summed E-state index contributed by atoms with van der Waals surface area (Å²) in [5, 5.41) is 6.85. The van der Waals surface area contributed by atoms with E-state index in [0.717, 1.165) is 31.9 Å². The van der Waals surface area contributed by atoms with E-state index < -0.39 is 0 Å². The fraction of sp³-hybridized carbons (Fsp3) is 0.571. The molecule has 18 heavy (non-hydrogen) atoms. The summed E-state index contributed by atoms with van der Waals surface area (Å²) in [7, 11) is 3.69. The molecule has 2 unspecified atom stereocenters. The molecule has 4 nitrogen and oxygen atoms in total. The lowest BCUT2D eigenvalue weighted by Crippen LogP contribution is -2.43. The van der Waals surface area contributed by atoms with Gasteiger partial charge in [0.05, 0.1) is 20.3 Å². The summed E-state index contributed by atoms with van der Waals surface area (Å²) in [6, 6.07) is 9.01. The van der Waals surface area contributed by atoms with E-state index in [4.69, 9.17) is 9.47 Å². The maximum atomic E-state index is 5.49. The van der Waals surface area contributed by atoms with Gasteiger partial charge in [0.25, 0.3) is 0 Å². The van der Waals surface area contributed by atoms with Crippen LogP contribution in [0, 0.1) is 0 Å². The second-order valence-electron chi connectivity index (χ2n) is 4.58. The fourth-order valence-corrected chi connectivity index (χ4v) is 2.31. The molecule has 0 saturated carbocycles. The molecule has 1 aliphatic rings. The van der Waals surface area contributed by atoms with Crippen LogP contribution in [0.1, 0.15) is 18.0 Å². The minimum absolute atomic E-state index is 0.343. The summed E-state index contributed by atoms with van der Waals surface area (Å²) in [4.78, 5) is 0. The van der Waals surface area contributed by atoms with Gasteiger partial charge >= 0.3 is 0 Å². The molecular weight excluding hydrogens is 228 g/mol. The highest BCUT2D eigenvalue weighted by molar-refractivity contribution is 5.29. The Kier molecular flexibility index (Phi) is 4.99. The Morgan fingerprint density at radius 1 is 1.44 bits per heavy atom. The molecule has 2 N–H and O–H groups in total. The van der Waals surface area contributed by atoms with E-state index >= 15 is 0 Å². The van der Waals surface area contributed by atoms with Crippen LogP contribution in [0.3, 0.4) is 0 Å². The van der Waals surface area contributed by atoms with Crippen molar-refractivity contribution in [3.05, 3.63) is 29.8 Å². The predicted molar refractivity (Wildman–Crippen MR) is 72.0 cm³/mol. The summed E-state index contributed by atoms with van der Waals surface area (Å²) in [6.45, 7) is 2.57. The highest BCUT2D eigenvalue weighted by Gasteiger charge is 2.19. The molecule has 1 aliphatic heterocycles. The number of nitrogens with one attached hydrogen (secondary N) is 2. The molecule has 2 atom stereocenters. The minimum Gasteiger partial charge on any atom is -0.497 e. The molecule has 0 bridgehead atoms. The minimum atomic E-state index is 0.343. The van der Waals surface area contributed by atoms with Crippen molar-refractivity contribution in [2.75, 3.05) is 33.9 Å². The van der Waals surface area contributed by atoms with Crippen LogP contribution in [0.15, 0.2) is 24.3 Å². The summed E-state index contributed by atoms with van der Waals surface area (Å²) in [5.74, 6) is 0.896.